The van der Waals surface area contributed by atoms with Crippen LogP contribution in [-0.4, -0.2) is 35.5 Å². The lowest BCUT2D eigenvalue weighted by Crippen LogP contribution is -2.41. The first-order valence-corrected chi connectivity index (χ1v) is 9.78. The molecule has 3 heterocycles. The normalized spacial score (nSPS) is 35.4. The van der Waals surface area contributed by atoms with Crippen molar-refractivity contribution in [3.05, 3.63) is 35.9 Å². The van der Waals surface area contributed by atoms with Crippen LogP contribution < -0.4 is 5.32 Å². The first-order chi connectivity index (χ1) is 11.7. The number of benzene rings is 1. The molecule has 1 aromatic carbocycles. The first-order valence-electron chi connectivity index (χ1n) is 9.78. The molecule has 0 spiro atoms. The van der Waals surface area contributed by atoms with Gasteiger partial charge < -0.3 is 10.2 Å². The predicted molar refractivity (Wildman–Crippen MR) is 96.7 cm³/mol. The summed E-state index contributed by atoms with van der Waals surface area (Å²) in [7, 11) is 0. The second-order valence-electron chi connectivity index (χ2n) is 8.25. The maximum Gasteiger partial charge on any atom is 0.223 e. The van der Waals surface area contributed by atoms with Gasteiger partial charge in [-0.3, -0.25) is 4.79 Å². The number of rotatable bonds is 4. The van der Waals surface area contributed by atoms with Crippen LogP contribution in [0, 0.1) is 11.8 Å². The van der Waals surface area contributed by atoms with Crippen LogP contribution in [0.25, 0.3) is 0 Å². The number of hydrogen-bond acceptors (Lipinski definition) is 2. The van der Waals surface area contributed by atoms with Crippen molar-refractivity contribution in [2.75, 3.05) is 6.54 Å². The van der Waals surface area contributed by atoms with Gasteiger partial charge in [0.05, 0.1) is 0 Å². The van der Waals surface area contributed by atoms with Crippen molar-refractivity contribution >= 4 is 5.91 Å². The first kappa shape index (κ1) is 16.1. The van der Waals surface area contributed by atoms with Crippen LogP contribution in [0.4, 0.5) is 0 Å². The van der Waals surface area contributed by atoms with Crippen LogP contribution in [-0.2, 0) is 11.2 Å². The molecule has 1 N–H and O–H groups in total. The maximum absolute atomic E-state index is 12.9. The van der Waals surface area contributed by atoms with E-state index in [1.807, 2.05) is 0 Å². The van der Waals surface area contributed by atoms with Gasteiger partial charge in [0.2, 0.25) is 5.91 Å². The minimum Gasteiger partial charge on any atom is -0.340 e. The van der Waals surface area contributed by atoms with Crippen molar-refractivity contribution in [3.8, 4) is 0 Å². The molecular weight excluding hydrogens is 296 g/mol. The van der Waals surface area contributed by atoms with E-state index in [4.69, 9.17) is 0 Å². The Morgan fingerprint density at radius 2 is 1.83 bits per heavy atom. The van der Waals surface area contributed by atoms with Gasteiger partial charge in [0.1, 0.15) is 0 Å². The molecule has 1 aromatic rings. The number of likely N-dealkylation sites (tertiary alicyclic amines) is 1. The summed E-state index contributed by atoms with van der Waals surface area (Å²) in [5, 5.41) is 3.68. The number of fused-ring (bicyclic) bond motifs is 2. The molecule has 0 aromatic heterocycles. The van der Waals surface area contributed by atoms with E-state index in [-0.39, 0.29) is 0 Å². The zero-order valence-corrected chi connectivity index (χ0v) is 14.8. The molecule has 24 heavy (non-hydrogen) atoms. The Kier molecular flexibility index (Phi) is 4.62. The van der Waals surface area contributed by atoms with Gasteiger partial charge in [-0.2, -0.15) is 0 Å². The van der Waals surface area contributed by atoms with Crippen molar-refractivity contribution in [1.29, 1.82) is 0 Å². The van der Waals surface area contributed by atoms with E-state index in [9.17, 15) is 4.79 Å². The summed E-state index contributed by atoms with van der Waals surface area (Å²) in [5.41, 5.74) is 1.40. The molecular formula is C21H30N2O. The fourth-order valence-corrected chi connectivity index (χ4v) is 5.25. The number of nitrogens with one attached hydrogen (secondary N) is 1. The van der Waals surface area contributed by atoms with Gasteiger partial charge in [0, 0.05) is 31.1 Å². The summed E-state index contributed by atoms with van der Waals surface area (Å²) in [6, 6.07) is 12.5. The number of carbonyl (C=O) groups excluding carboxylic acids is 1. The van der Waals surface area contributed by atoms with E-state index in [1.165, 1.54) is 31.2 Å². The summed E-state index contributed by atoms with van der Waals surface area (Å²) < 4.78 is 0. The topological polar surface area (TPSA) is 32.3 Å². The zero-order valence-electron chi connectivity index (χ0n) is 14.8. The molecule has 1 amide bonds. The second-order valence-corrected chi connectivity index (χ2v) is 8.25. The quantitative estimate of drug-likeness (QED) is 0.920. The Hall–Kier alpha value is -1.35. The number of nitrogens with zero attached hydrogens (tertiary/aromatic N) is 1. The highest BCUT2D eigenvalue weighted by atomic mass is 16.2. The lowest BCUT2D eigenvalue weighted by atomic mass is 9.89. The fraction of sp³-hybridized carbons (Fsp3) is 0.667. The molecule has 3 fully saturated rings. The summed E-state index contributed by atoms with van der Waals surface area (Å²) in [4.78, 5) is 15.0. The van der Waals surface area contributed by atoms with Crippen molar-refractivity contribution in [2.45, 2.75) is 70.0 Å². The molecule has 0 saturated carbocycles. The molecule has 3 nitrogen and oxygen atoms in total. The smallest absolute Gasteiger partial charge is 0.223 e. The Morgan fingerprint density at radius 1 is 1.12 bits per heavy atom. The third-order valence-corrected chi connectivity index (χ3v) is 6.61. The van der Waals surface area contributed by atoms with E-state index in [2.05, 4.69) is 47.5 Å². The average molecular weight is 326 g/mol. The maximum atomic E-state index is 12.9. The molecule has 4 atom stereocenters. The third-order valence-electron chi connectivity index (χ3n) is 6.61. The molecule has 4 unspecified atom stereocenters. The standard InChI is InChI=1S/C21H30N2O/c1-15-18(11-16-5-3-2-4-6-16)9-10-23(15)21(24)14-17-12-19-7-8-20(13-17)22-19/h2-6,15,17-20,22H,7-14H2,1H3. The van der Waals surface area contributed by atoms with Crippen molar-refractivity contribution < 1.29 is 4.79 Å². The summed E-state index contributed by atoms with van der Waals surface area (Å²) >= 11 is 0. The van der Waals surface area contributed by atoms with E-state index in [1.54, 1.807) is 0 Å². The van der Waals surface area contributed by atoms with Gasteiger partial charge in [-0.05, 0) is 62.8 Å². The van der Waals surface area contributed by atoms with Gasteiger partial charge in [0.25, 0.3) is 0 Å². The van der Waals surface area contributed by atoms with E-state index in [0.29, 0.717) is 35.9 Å². The lowest BCUT2D eigenvalue weighted by molar-refractivity contribution is -0.133. The van der Waals surface area contributed by atoms with Gasteiger partial charge >= 0.3 is 0 Å². The van der Waals surface area contributed by atoms with Gasteiger partial charge in [-0.1, -0.05) is 30.3 Å². The van der Waals surface area contributed by atoms with Crippen molar-refractivity contribution in [3.63, 3.8) is 0 Å². The number of piperidine rings is 1. The molecule has 130 valence electrons. The monoisotopic (exact) mass is 326 g/mol. The molecule has 0 aliphatic carbocycles. The summed E-state index contributed by atoms with van der Waals surface area (Å²) in [6.07, 6.45) is 8.07. The number of hydrogen-bond donors (Lipinski definition) is 1. The highest BCUT2D eigenvalue weighted by Gasteiger charge is 2.37. The lowest BCUT2D eigenvalue weighted by Gasteiger charge is -2.31. The van der Waals surface area contributed by atoms with Gasteiger partial charge in [-0.25, -0.2) is 0 Å². The van der Waals surface area contributed by atoms with Crippen LogP contribution in [0.3, 0.4) is 0 Å². The molecule has 3 aliphatic heterocycles. The Labute approximate surface area is 145 Å². The minimum atomic E-state index is 0.385. The predicted octanol–water partition coefficient (Wildman–Crippen LogP) is 3.39. The summed E-state index contributed by atoms with van der Waals surface area (Å²) in [6.45, 7) is 3.21. The molecule has 4 rings (SSSR count). The largest absolute Gasteiger partial charge is 0.340 e. The number of amides is 1. The van der Waals surface area contributed by atoms with E-state index < -0.39 is 0 Å². The van der Waals surface area contributed by atoms with Crippen LogP contribution in [0.1, 0.15) is 51.0 Å². The summed E-state index contributed by atoms with van der Waals surface area (Å²) in [5.74, 6) is 1.63. The van der Waals surface area contributed by atoms with Gasteiger partial charge in [0.15, 0.2) is 0 Å². The molecule has 3 heteroatoms. The van der Waals surface area contributed by atoms with E-state index in [0.717, 1.165) is 25.8 Å². The molecule has 2 bridgehead atoms. The SMILES string of the molecule is CC1C(Cc2ccccc2)CCN1C(=O)CC1CC2CCC(C1)N2. The fourth-order valence-electron chi connectivity index (χ4n) is 5.25. The Balaban J connectivity index is 1.32. The zero-order chi connectivity index (χ0) is 16.5. The van der Waals surface area contributed by atoms with Gasteiger partial charge in [-0.15, -0.1) is 0 Å². The molecule has 3 aliphatic rings. The van der Waals surface area contributed by atoms with Crippen LogP contribution in [0.5, 0.6) is 0 Å². The number of carbonyl (C=O) groups is 1. The Bertz CT molecular complexity index is 560. The van der Waals surface area contributed by atoms with Crippen molar-refractivity contribution in [1.82, 2.24) is 10.2 Å². The Morgan fingerprint density at radius 3 is 2.54 bits per heavy atom. The second kappa shape index (κ2) is 6.87. The van der Waals surface area contributed by atoms with Crippen molar-refractivity contribution in [2.24, 2.45) is 11.8 Å². The van der Waals surface area contributed by atoms with Crippen LogP contribution in [0.2, 0.25) is 0 Å². The minimum absolute atomic E-state index is 0.385. The molecule has 0 radical (unpaired) electrons. The highest BCUT2D eigenvalue weighted by Crippen LogP contribution is 2.34. The average Bonchev–Trinajstić information content (AvgIpc) is 3.11. The van der Waals surface area contributed by atoms with Crippen LogP contribution in [0.15, 0.2) is 30.3 Å². The highest BCUT2D eigenvalue weighted by molar-refractivity contribution is 5.77. The van der Waals surface area contributed by atoms with E-state index >= 15 is 0 Å². The van der Waals surface area contributed by atoms with Crippen LogP contribution >= 0.6 is 0 Å². The molecule has 3 saturated heterocycles. The third kappa shape index (κ3) is 3.37.